The van der Waals surface area contributed by atoms with Gasteiger partial charge in [0, 0.05) is 7.05 Å². The molecule has 23 heavy (non-hydrogen) atoms. The van der Waals surface area contributed by atoms with Gasteiger partial charge in [-0.15, -0.1) is 0 Å². The minimum absolute atomic E-state index is 0.0621. The van der Waals surface area contributed by atoms with E-state index in [1.807, 2.05) is 51.2 Å². The number of para-hydroxylation sites is 1. The predicted octanol–water partition coefficient (Wildman–Crippen LogP) is 2.64. The van der Waals surface area contributed by atoms with Gasteiger partial charge in [0.05, 0.1) is 17.1 Å². The maximum absolute atomic E-state index is 12.8. The van der Waals surface area contributed by atoms with Gasteiger partial charge in [-0.1, -0.05) is 18.2 Å². The van der Waals surface area contributed by atoms with Crippen LogP contribution in [0.4, 0.5) is 5.69 Å². The van der Waals surface area contributed by atoms with E-state index >= 15 is 0 Å². The molecule has 1 aromatic carbocycles. The SMILES string of the molecule is CC1=CC(=O)C=C/C1=N\c1c(C)n(C)n(-c2ccccc2)c1=O. The summed E-state index contributed by atoms with van der Waals surface area (Å²) in [6.07, 6.45) is 4.63. The van der Waals surface area contributed by atoms with Gasteiger partial charge in [0.15, 0.2) is 11.5 Å². The van der Waals surface area contributed by atoms with Gasteiger partial charge in [0.25, 0.3) is 5.56 Å². The van der Waals surface area contributed by atoms with Gasteiger partial charge >= 0.3 is 0 Å². The molecular formula is C18H17N3O2. The molecule has 0 amide bonds. The van der Waals surface area contributed by atoms with E-state index in [1.54, 1.807) is 15.4 Å². The molecule has 0 fully saturated rings. The summed E-state index contributed by atoms with van der Waals surface area (Å²) < 4.78 is 3.37. The molecule has 116 valence electrons. The monoisotopic (exact) mass is 307 g/mol. The zero-order valence-electron chi connectivity index (χ0n) is 13.3. The maximum atomic E-state index is 12.8. The third-order valence-corrected chi connectivity index (χ3v) is 3.92. The number of carbonyl (C=O) groups excluding carboxylic acids is 1. The number of carbonyl (C=O) groups is 1. The average Bonchev–Trinajstić information content (AvgIpc) is 2.74. The fourth-order valence-electron chi connectivity index (χ4n) is 2.56. The molecule has 1 aliphatic rings. The number of rotatable bonds is 2. The van der Waals surface area contributed by atoms with Gasteiger partial charge in [-0.2, -0.15) is 0 Å². The fraction of sp³-hybridized carbons (Fsp3) is 0.167. The summed E-state index contributed by atoms with van der Waals surface area (Å²) in [6.45, 7) is 3.67. The number of ketones is 1. The standard InChI is InChI=1S/C18H17N3O2/c1-12-11-15(22)9-10-16(12)19-17-13(2)20(3)21(18(17)23)14-7-5-4-6-8-14/h4-11H,1-3H3/b19-16+. The molecule has 0 saturated carbocycles. The molecular weight excluding hydrogens is 290 g/mol. The molecule has 2 aromatic rings. The number of aliphatic imine (C=N–C) groups is 1. The largest absolute Gasteiger partial charge is 0.297 e. The lowest BCUT2D eigenvalue weighted by Crippen LogP contribution is -2.19. The van der Waals surface area contributed by atoms with Crippen LogP contribution < -0.4 is 5.56 Å². The number of hydrogen-bond acceptors (Lipinski definition) is 3. The maximum Gasteiger partial charge on any atom is 0.297 e. The van der Waals surface area contributed by atoms with Crippen molar-refractivity contribution in [3.05, 3.63) is 70.2 Å². The Morgan fingerprint density at radius 3 is 2.35 bits per heavy atom. The topological polar surface area (TPSA) is 56.4 Å². The fourth-order valence-corrected chi connectivity index (χ4v) is 2.56. The molecule has 0 N–H and O–H groups in total. The van der Waals surface area contributed by atoms with E-state index in [0.29, 0.717) is 11.4 Å². The summed E-state index contributed by atoms with van der Waals surface area (Å²) in [4.78, 5) is 28.6. The molecule has 0 spiro atoms. The first-order chi connectivity index (χ1) is 11.0. The molecule has 0 saturated heterocycles. The van der Waals surface area contributed by atoms with Crippen molar-refractivity contribution < 1.29 is 4.79 Å². The lowest BCUT2D eigenvalue weighted by atomic mass is 10.0. The molecule has 1 aromatic heterocycles. The van der Waals surface area contributed by atoms with Crippen LogP contribution in [0.1, 0.15) is 12.6 Å². The first-order valence-electron chi connectivity index (χ1n) is 7.32. The van der Waals surface area contributed by atoms with Crippen molar-refractivity contribution in [2.24, 2.45) is 12.0 Å². The Bertz CT molecular complexity index is 925. The van der Waals surface area contributed by atoms with Crippen molar-refractivity contribution in [3.8, 4) is 5.69 Å². The molecule has 1 heterocycles. The van der Waals surface area contributed by atoms with Crippen molar-refractivity contribution in [3.63, 3.8) is 0 Å². The third kappa shape index (κ3) is 2.61. The van der Waals surface area contributed by atoms with Crippen LogP contribution in [0.3, 0.4) is 0 Å². The molecule has 1 aliphatic carbocycles. The van der Waals surface area contributed by atoms with Gasteiger partial charge in [-0.25, -0.2) is 9.67 Å². The molecule has 3 rings (SSSR count). The summed E-state index contributed by atoms with van der Waals surface area (Å²) in [5.74, 6) is -0.0621. The van der Waals surface area contributed by atoms with E-state index in [-0.39, 0.29) is 11.3 Å². The Balaban J connectivity index is 2.17. The zero-order chi connectivity index (χ0) is 16.6. The van der Waals surface area contributed by atoms with Crippen LogP contribution in [-0.2, 0) is 11.8 Å². The second-order valence-electron chi connectivity index (χ2n) is 5.47. The molecule has 5 nitrogen and oxygen atoms in total. The Labute approximate surface area is 133 Å². The Morgan fingerprint density at radius 2 is 1.70 bits per heavy atom. The highest BCUT2D eigenvalue weighted by Gasteiger charge is 2.17. The second kappa shape index (κ2) is 5.68. The summed E-state index contributed by atoms with van der Waals surface area (Å²) in [5, 5.41) is 0. The van der Waals surface area contributed by atoms with Crippen molar-refractivity contribution in [2.45, 2.75) is 13.8 Å². The van der Waals surface area contributed by atoms with Crippen LogP contribution in [0.15, 0.2) is 63.9 Å². The number of aromatic nitrogens is 2. The first kappa shape index (κ1) is 15.0. The molecule has 0 bridgehead atoms. The van der Waals surface area contributed by atoms with Crippen molar-refractivity contribution in [1.29, 1.82) is 0 Å². The van der Waals surface area contributed by atoms with Crippen LogP contribution in [0, 0.1) is 6.92 Å². The van der Waals surface area contributed by atoms with Crippen LogP contribution in [0.25, 0.3) is 5.69 Å². The molecule has 5 heteroatoms. The Morgan fingerprint density at radius 1 is 1.00 bits per heavy atom. The van der Waals surface area contributed by atoms with E-state index in [2.05, 4.69) is 4.99 Å². The van der Waals surface area contributed by atoms with Gasteiger partial charge in [0.1, 0.15) is 0 Å². The van der Waals surface area contributed by atoms with Gasteiger partial charge in [0.2, 0.25) is 0 Å². The number of allylic oxidation sites excluding steroid dienone is 4. The van der Waals surface area contributed by atoms with E-state index in [0.717, 1.165) is 17.0 Å². The lowest BCUT2D eigenvalue weighted by Gasteiger charge is -2.07. The van der Waals surface area contributed by atoms with Crippen molar-refractivity contribution >= 4 is 17.2 Å². The summed E-state index contributed by atoms with van der Waals surface area (Å²) >= 11 is 0. The Kier molecular flexibility index (Phi) is 3.70. The molecule has 0 unspecified atom stereocenters. The van der Waals surface area contributed by atoms with Crippen LogP contribution in [0.5, 0.6) is 0 Å². The van der Waals surface area contributed by atoms with E-state index in [9.17, 15) is 9.59 Å². The highest BCUT2D eigenvalue weighted by Crippen LogP contribution is 2.19. The van der Waals surface area contributed by atoms with Crippen molar-refractivity contribution in [2.75, 3.05) is 0 Å². The molecule has 0 atom stereocenters. The second-order valence-corrected chi connectivity index (χ2v) is 5.47. The van der Waals surface area contributed by atoms with Gasteiger partial charge in [-0.05, 0) is 49.8 Å². The van der Waals surface area contributed by atoms with Crippen molar-refractivity contribution in [1.82, 2.24) is 9.36 Å². The lowest BCUT2D eigenvalue weighted by molar-refractivity contribution is -0.110. The smallest absolute Gasteiger partial charge is 0.290 e. The highest BCUT2D eigenvalue weighted by molar-refractivity contribution is 6.19. The number of benzene rings is 1. The molecule has 0 radical (unpaired) electrons. The number of hydrogen-bond donors (Lipinski definition) is 0. The van der Waals surface area contributed by atoms with Gasteiger partial charge < -0.3 is 0 Å². The minimum Gasteiger partial charge on any atom is -0.290 e. The average molecular weight is 307 g/mol. The van der Waals surface area contributed by atoms with Crippen LogP contribution >= 0.6 is 0 Å². The van der Waals surface area contributed by atoms with Crippen LogP contribution in [0.2, 0.25) is 0 Å². The predicted molar refractivity (Wildman–Crippen MR) is 90.7 cm³/mol. The van der Waals surface area contributed by atoms with E-state index in [1.165, 1.54) is 12.2 Å². The quantitative estimate of drug-likeness (QED) is 0.801. The number of nitrogens with zero attached hydrogens (tertiary/aromatic N) is 3. The minimum atomic E-state index is -0.179. The normalized spacial score (nSPS) is 16.0. The molecule has 0 aliphatic heterocycles. The Hall–Kier alpha value is -2.95. The zero-order valence-corrected chi connectivity index (χ0v) is 13.3. The summed E-state index contributed by atoms with van der Waals surface area (Å²) in [7, 11) is 1.83. The van der Waals surface area contributed by atoms with E-state index < -0.39 is 0 Å². The van der Waals surface area contributed by atoms with E-state index in [4.69, 9.17) is 0 Å². The first-order valence-corrected chi connectivity index (χ1v) is 7.32. The highest BCUT2D eigenvalue weighted by atomic mass is 16.1. The van der Waals surface area contributed by atoms with Gasteiger partial charge in [-0.3, -0.25) is 14.3 Å². The third-order valence-electron chi connectivity index (χ3n) is 3.92. The summed E-state index contributed by atoms with van der Waals surface area (Å²) in [6, 6.07) is 9.43. The van der Waals surface area contributed by atoms with Crippen LogP contribution in [-0.4, -0.2) is 20.9 Å². The summed E-state index contributed by atoms with van der Waals surface area (Å²) in [5.41, 5.74) is 3.16.